The van der Waals surface area contributed by atoms with Gasteiger partial charge in [-0.1, -0.05) is 32.9 Å². The molecule has 38 heavy (non-hydrogen) atoms. The molecule has 1 aromatic heterocycles. The van der Waals surface area contributed by atoms with E-state index in [0.29, 0.717) is 12.2 Å². The van der Waals surface area contributed by atoms with Crippen molar-refractivity contribution < 1.29 is 18.8 Å². The van der Waals surface area contributed by atoms with E-state index in [0.717, 1.165) is 33.4 Å². The molecule has 3 N–H and O–H groups in total. The van der Waals surface area contributed by atoms with Gasteiger partial charge in [-0.25, -0.2) is 14.8 Å². The fraction of sp³-hybridized carbons (Fsp3) is 0.448. The predicted octanol–water partition coefficient (Wildman–Crippen LogP) is 6.33. The molecule has 0 aliphatic carbocycles. The Balaban J connectivity index is 1.75. The summed E-state index contributed by atoms with van der Waals surface area (Å²) in [4.78, 5) is 25.6. The van der Waals surface area contributed by atoms with E-state index in [1.165, 1.54) is 0 Å². The quantitative estimate of drug-likeness (QED) is 0.330. The zero-order valence-electron chi connectivity index (χ0n) is 23.9. The van der Waals surface area contributed by atoms with Crippen molar-refractivity contribution in [2.75, 3.05) is 12.5 Å². The molecular weight excluding hydrogens is 496 g/mol. The highest BCUT2D eigenvalue weighted by atomic mass is 28.4. The van der Waals surface area contributed by atoms with Gasteiger partial charge in [0.2, 0.25) is 0 Å². The number of nitrogens with one attached hydrogen (secondary N) is 3. The van der Waals surface area contributed by atoms with E-state index in [4.69, 9.17) is 9.16 Å². The van der Waals surface area contributed by atoms with E-state index < -0.39 is 20.0 Å². The van der Waals surface area contributed by atoms with Gasteiger partial charge in [0.25, 0.3) is 5.91 Å². The number of aromatic nitrogens is 1. The van der Waals surface area contributed by atoms with Crippen LogP contribution in [-0.4, -0.2) is 37.5 Å². The first-order chi connectivity index (χ1) is 17.6. The van der Waals surface area contributed by atoms with Crippen molar-refractivity contribution in [1.82, 2.24) is 15.3 Å². The largest absolute Gasteiger partial charge is 0.443 e. The Morgan fingerprint density at radius 1 is 1.03 bits per heavy atom. The normalized spacial score (nSPS) is 15.8. The van der Waals surface area contributed by atoms with Crippen molar-refractivity contribution in [2.45, 2.75) is 77.9 Å². The molecule has 2 heterocycles. The fourth-order valence-corrected chi connectivity index (χ4v) is 5.20. The summed E-state index contributed by atoms with van der Waals surface area (Å²) in [5, 5.41) is 3.70. The third kappa shape index (κ3) is 5.50. The molecule has 1 atom stereocenters. The molecule has 0 fully saturated rings. The van der Waals surface area contributed by atoms with Crippen molar-refractivity contribution in [3.63, 3.8) is 0 Å². The minimum Gasteiger partial charge on any atom is -0.443 e. The van der Waals surface area contributed by atoms with Crippen LogP contribution in [0, 0.1) is 0 Å². The molecular formula is C29H40N4O4Si. The second kappa shape index (κ2) is 9.87. The van der Waals surface area contributed by atoms with Gasteiger partial charge >= 0.3 is 6.09 Å². The Morgan fingerprint density at radius 3 is 2.37 bits per heavy atom. The molecule has 9 heteroatoms. The minimum absolute atomic E-state index is 0.122. The molecule has 3 aromatic rings. The Morgan fingerprint density at radius 2 is 1.74 bits per heavy atom. The maximum atomic E-state index is 13.5. The van der Waals surface area contributed by atoms with Crippen molar-refractivity contribution in [2.24, 2.45) is 0 Å². The van der Waals surface area contributed by atoms with Gasteiger partial charge in [-0.15, -0.1) is 0 Å². The lowest BCUT2D eigenvalue weighted by molar-refractivity contribution is 0.0538. The lowest BCUT2D eigenvalue weighted by Gasteiger charge is -2.36. The van der Waals surface area contributed by atoms with Crippen LogP contribution in [0.4, 0.5) is 10.5 Å². The summed E-state index contributed by atoms with van der Waals surface area (Å²) in [6, 6.07) is 13.3. The third-order valence-electron chi connectivity index (χ3n) is 7.38. The number of hydrogen-bond acceptors (Lipinski definition) is 6. The molecule has 1 aliphatic rings. The van der Waals surface area contributed by atoms with Gasteiger partial charge in [0.15, 0.2) is 8.32 Å². The van der Waals surface area contributed by atoms with Gasteiger partial charge in [-0.2, -0.15) is 0 Å². The average molecular weight is 537 g/mol. The van der Waals surface area contributed by atoms with Gasteiger partial charge in [0.05, 0.1) is 29.5 Å². The van der Waals surface area contributed by atoms with Crippen LogP contribution in [0.1, 0.15) is 74.8 Å². The molecule has 0 saturated carbocycles. The summed E-state index contributed by atoms with van der Waals surface area (Å²) in [6.07, 6.45) is -0.440. The monoisotopic (exact) mass is 536 g/mol. The molecule has 0 saturated heterocycles. The smallest absolute Gasteiger partial charge is 0.419 e. The molecule has 204 valence electrons. The second-order valence-corrected chi connectivity index (χ2v) is 17.2. The van der Waals surface area contributed by atoms with Crippen LogP contribution < -0.4 is 16.2 Å². The molecule has 2 aromatic carbocycles. The third-order valence-corrected chi connectivity index (χ3v) is 11.9. The van der Waals surface area contributed by atoms with E-state index in [2.05, 4.69) is 56.1 Å². The van der Waals surface area contributed by atoms with Gasteiger partial charge in [0.1, 0.15) is 5.60 Å². The maximum absolute atomic E-state index is 13.5. The molecule has 4 rings (SSSR count). The summed E-state index contributed by atoms with van der Waals surface area (Å²) in [6.45, 7) is 17.3. The van der Waals surface area contributed by atoms with Crippen LogP contribution in [0.25, 0.3) is 10.9 Å². The Hall–Kier alpha value is -3.14. The SMILES string of the molecule is CNC(=O)c1ccc2c(c1)NNC2c1cc2cc(CO[Si](C)(C)C(C)(C)C)ccc2n1C(=O)OC(C)(C)C. The van der Waals surface area contributed by atoms with Crippen molar-refractivity contribution in [3.8, 4) is 0 Å². The fourth-order valence-electron chi connectivity index (χ4n) is 4.24. The molecule has 0 bridgehead atoms. The van der Waals surface area contributed by atoms with E-state index >= 15 is 0 Å². The number of benzene rings is 2. The standard InChI is InChI=1S/C29H40N4O4Si/c1-28(2,3)37-27(35)33-23-13-10-18(17-36-38(8,9)29(4,5)6)14-20(23)16-24(33)25-21-12-11-19(26(34)30-7)15-22(21)31-32-25/h10-16,25,31-32H,17H2,1-9H3,(H,30,34). The number of ether oxygens (including phenoxy) is 1. The highest BCUT2D eigenvalue weighted by molar-refractivity contribution is 6.74. The molecule has 0 radical (unpaired) electrons. The lowest BCUT2D eigenvalue weighted by atomic mass is 10.0. The van der Waals surface area contributed by atoms with Gasteiger partial charge in [-0.05, 0) is 74.8 Å². The van der Waals surface area contributed by atoms with Crippen molar-refractivity contribution >= 4 is 36.9 Å². The second-order valence-electron chi connectivity index (χ2n) is 12.4. The molecule has 1 aliphatic heterocycles. The van der Waals surface area contributed by atoms with Crippen molar-refractivity contribution in [1.29, 1.82) is 0 Å². The number of fused-ring (bicyclic) bond motifs is 2. The maximum Gasteiger partial charge on any atom is 0.419 e. The summed E-state index contributed by atoms with van der Waals surface area (Å²) in [5.74, 6) is -0.159. The summed E-state index contributed by atoms with van der Waals surface area (Å²) >= 11 is 0. The number of anilines is 1. The van der Waals surface area contributed by atoms with Gasteiger partial charge in [-0.3, -0.25) is 4.79 Å². The van der Waals surface area contributed by atoms with E-state index in [1.54, 1.807) is 23.7 Å². The minimum atomic E-state index is -1.91. The summed E-state index contributed by atoms with van der Waals surface area (Å²) < 4.78 is 13.9. The first-order valence-electron chi connectivity index (χ1n) is 13.0. The lowest BCUT2D eigenvalue weighted by Crippen LogP contribution is -2.40. The number of carbonyl (C=O) groups excluding carboxylic acids is 2. The summed E-state index contributed by atoms with van der Waals surface area (Å²) in [5.41, 5.74) is 10.7. The predicted molar refractivity (Wildman–Crippen MR) is 154 cm³/mol. The Kier molecular flexibility index (Phi) is 7.24. The molecule has 1 amide bonds. The topological polar surface area (TPSA) is 93.6 Å². The van der Waals surface area contributed by atoms with Crippen LogP contribution in [0.2, 0.25) is 18.1 Å². The van der Waals surface area contributed by atoms with Crippen LogP contribution in [0.3, 0.4) is 0 Å². The zero-order valence-corrected chi connectivity index (χ0v) is 24.9. The number of rotatable bonds is 5. The average Bonchev–Trinajstić information content (AvgIpc) is 3.40. The van der Waals surface area contributed by atoms with Gasteiger partial charge < -0.3 is 19.9 Å². The molecule has 1 unspecified atom stereocenters. The van der Waals surface area contributed by atoms with E-state index in [-0.39, 0.29) is 17.0 Å². The summed E-state index contributed by atoms with van der Waals surface area (Å²) in [7, 11) is -0.302. The first kappa shape index (κ1) is 27.9. The van der Waals surface area contributed by atoms with E-state index in [1.807, 2.05) is 45.0 Å². The van der Waals surface area contributed by atoms with Gasteiger partial charge in [0, 0.05) is 23.6 Å². The highest BCUT2D eigenvalue weighted by Crippen LogP contribution is 2.39. The highest BCUT2D eigenvalue weighted by Gasteiger charge is 2.37. The molecule has 8 nitrogen and oxygen atoms in total. The Bertz CT molecular complexity index is 1380. The van der Waals surface area contributed by atoms with Crippen molar-refractivity contribution in [3.05, 3.63) is 64.8 Å². The van der Waals surface area contributed by atoms with Crippen LogP contribution in [0.15, 0.2) is 42.5 Å². The number of hydrogen-bond donors (Lipinski definition) is 3. The van der Waals surface area contributed by atoms with Crippen LogP contribution in [0.5, 0.6) is 0 Å². The van der Waals surface area contributed by atoms with Crippen LogP contribution in [-0.2, 0) is 15.8 Å². The first-order valence-corrected chi connectivity index (χ1v) is 15.9. The number of nitrogens with zero attached hydrogens (tertiary/aromatic N) is 1. The number of carbonyl (C=O) groups is 2. The Labute approximate surface area is 226 Å². The zero-order chi connectivity index (χ0) is 28.0. The molecule has 0 spiro atoms. The van der Waals surface area contributed by atoms with Crippen LogP contribution >= 0.6 is 0 Å². The van der Waals surface area contributed by atoms with E-state index in [9.17, 15) is 9.59 Å². The number of hydrazine groups is 1. The number of amides is 1.